The second-order valence-electron chi connectivity index (χ2n) is 9.70. The molecule has 1 aliphatic heterocycles. The van der Waals surface area contributed by atoms with Crippen molar-refractivity contribution in [3.63, 3.8) is 0 Å². The number of nitrogens with one attached hydrogen (secondary N) is 2. The number of aromatic nitrogens is 3. The summed E-state index contributed by atoms with van der Waals surface area (Å²) in [5.74, 6) is -3.23. The van der Waals surface area contributed by atoms with Crippen molar-refractivity contribution in [2.75, 3.05) is 32.1 Å². The zero-order chi connectivity index (χ0) is 29.1. The Bertz CT molecular complexity index is 1670. The van der Waals surface area contributed by atoms with Crippen LogP contribution in [0.15, 0.2) is 42.2 Å². The Morgan fingerprint density at radius 1 is 1.32 bits per heavy atom. The van der Waals surface area contributed by atoms with Crippen LogP contribution in [0.3, 0.4) is 0 Å². The number of carbonyl (C=O) groups is 1. The van der Waals surface area contributed by atoms with Crippen molar-refractivity contribution < 1.29 is 22.7 Å². The van der Waals surface area contributed by atoms with E-state index in [2.05, 4.69) is 37.1 Å². The Kier molecular flexibility index (Phi) is 8.32. The van der Waals surface area contributed by atoms with Crippen LogP contribution < -0.4 is 15.4 Å². The van der Waals surface area contributed by atoms with Gasteiger partial charge < -0.3 is 20.3 Å². The number of likely N-dealkylation sites (N-methyl/N-ethyl adjacent to an activating group) is 1. The number of nitriles is 1. The first kappa shape index (κ1) is 28.3. The fraction of sp³-hybridized carbons (Fsp3) is 0.321. The number of thiophene rings is 1. The van der Waals surface area contributed by atoms with Gasteiger partial charge >= 0.3 is 6.01 Å². The second-order valence-corrected chi connectivity index (χ2v) is 10.6. The molecule has 1 fully saturated rings. The van der Waals surface area contributed by atoms with Crippen LogP contribution in [0.25, 0.3) is 32.2 Å². The van der Waals surface area contributed by atoms with E-state index in [-0.39, 0.29) is 47.4 Å². The number of anilines is 1. The van der Waals surface area contributed by atoms with Gasteiger partial charge in [0.15, 0.2) is 11.6 Å². The Labute approximate surface area is 237 Å². The molecule has 0 radical (unpaired) electrons. The van der Waals surface area contributed by atoms with Crippen molar-refractivity contribution >= 4 is 44.1 Å². The highest BCUT2D eigenvalue weighted by atomic mass is 32.1. The van der Waals surface area contributed by atoms with Gasteiger partial charge in [-0.2, -0.15) is 15.2 Å². The first-order valence-electron chi connectivity index (χ1n) is 12.9. The number of ether oxygens (including phenoxy) is 1. The highest BCUT2D eigenvalue weighted by Crippen LogP contribution is 2.37. The molecule has 1 aromatic carbocycles. The van der Waals surface area contributed by atoms with Crippen LogP contribution >= 0.6 is 11.3 Å². The fourth-order valence-corrected chi connectivity index (χ4v) is 5.69. The molecular formula is C28H26F3N7O2S. The number of hydrogen-bond acceptors (Lipinski definition) is 9. The Hall–Kier alpha value is -4.28. The van der Waals surface area contributed by atoms with Gasteiger partial charge in [0.05, 0.1) is 23.9 Å². The monoisotopic (exact) mass is 581 g/mol. The third-order valence-corrected chi connectivity index (χ3v) is 7.94. The molecule has 9 nitrogen and oxygen atoms in total. The zero-order valence-corrected chi connectivity index (χ0v) is 22.9. The molecule has 4 aromatic rings. The van der Waals surface area contributed by atoms with Crippen molar-refractivity contribution in [3.05, 3.63) is 53.8 Å². The summed E-state index contributed by atoms with van der Waals surface area (Å²) in [6.45, 7) is 4.16. The summed E-state index contributed by atoms with van der Waals surface area (Å²) in [6, 6.07) is 5.59. The number of halogens is 3. The minimum Gasteiger partial charge on any atom is -0.462 e. The average Bonchev–Trinajstić information content (AvgIpc) is 3.61. The number of pyridine rings is 1. The van der Waals surface area contributed by atoms with E-state index < -0.39 is 29.4 Å². The molecule has 212 valence electrons. The summed E-state index contributed by atoms with van der Waals surface area (Å²) in [5, 5.41) is 16.9. The van der Waals surface area contributed by atoms with Gasteiger partial charge in [0.2, 0.25) is 0 Å². The van der Waals surface area contributed by atoms with Gasteiger partial charge in [0.1, 0.15) is 29.5 Å². The van der Waals surface area contributed by atoms with Crippen molar-refractivity contribution in [2.45, 2.75) is 31.3 Å². The Morgan fingerprint density at radius 2 is 2.15 bits per heavy atom. The number of amides is 1. The molecule has 2 atom stereocenters. The lowest BCUT2D eigenvalue weighted by atomic mass is 10.1. The highest BCUT2D eigenvalue weighted by Gasteiger charge is 2.24. The number of carbonyl (C=O) groups excluding carboxylic acids is 1. The summed E-state index contributed by atoms with van der Waals surface area (Å²) in [5.41, 5.74) is 0.337. The van der Waals surface area contributed by atoms with E-state index in [1.54, 1.807) is 11.4 Å². The summed E-state index contributed by atoms with van der Waals surface area (Å²) in [7, 11) is 2.00. The number of fused-ring (bicyclic) bond motifs is 2. The summed E-state index contributed by atoms with van der Waals surface area (Å²) >= 11 is 1.27. The SMILES string of the molecule is C=C(F)C(=O)N[C@@H](CC#N)CNc1nc(OC[C@@H]2CCCN2C)nc2c(F)c(-c3ccc(F)c4ccsc34)ncc12. The molecule has 4 heterocycles. The topological polar surface area (TPSA) is 116 Å². The number of likely N-dealkylation sites (tertiary alicyclic amines) is 1. The van der Waals surface area contributed by atoms with Gasteiger partial charge in [-0.05, 0) is 50.0 Å². The van der Waals surface area contributed by atoms with Gasteiger partial charge in [-0.15, -0.1) is 11.3 Å². The summed E-state index contributed by atoms with van der Waals surface area (Å²) in [6.07, 6.45) is 3.24. The highest BCUT2D eigenvalue weighted by molar-refractivity contribution is 7.17. The maximum absolute atomic E-state index is 16.1. The lowest BCUT2D eigenvalue weighted by molar-refractivity contribution is -0.119. The van der Waals surface area contributed by atoms with Crippen LogP contribution in [0.1, 0.15) is 19.3 Å². The van der Waals surface area contributed by atoms with Crippen LogP contribution in [0, 0.1) is 23.0 Å². The molecule has 1 amide bonds. The van der Waals surface area contributed by atoms with Gasteiger partial charge in [0, 0.05) is 34.4 Å². The Morgan fingerprint density at radius 3 is 2.88 bits per heavy atom. The van der Waals surface area contributed by atoms with Crippen LogP contribution in [0.2, 0.25) is 0 Å². The number of nitrogens with zero attached hydrogens (tertiary/aromatic N) is 5. The standard InChI is InChI=1S/C28H26F3N7O2S/c1-15(29)27(39)35-16(7-9-32)12-34-26-20-13-33-23(19-5-6-21(30)18-8-11-41-25(18)19)22(31)24(20)36-28(37-26)40-14-17-4-3-10-38(17)2/h5-6,8,11,13,16-17H,1,3-4,7,10,12,14H2,2H3,(H,35,39)(H,34,36,37)/t16-,17-/m0/s1. The van der Waals surface area contributed by atoms with E-state index in [4.69, 9.17) is 4.74 Å². The van der Waals surface area contributed by atoms with Crippen molar-refractivity contribution in [1.29, 1.82) is 5.26 Å². The minimum atomic E-state index is -1.19. The third kappa shape index (κ3) is 5.94. The van der Waals surface area contributed by atoms with E-state index in [0.717, 1.165) is 19.4 Å². The maximum Gasteiger partial charge on any atom is 0.319 e. The van der Waals surface area contributed by atoms with Crippen molar-refractivity contribution in [2.24, 2.45) is 0 Å². The van der Waals surface area contributed by atoms with E-state index in [1.165, 1.54) is 29.7 Å². The van der Waals surface area contributed by atoms with Gasteiger partial charge in [-0.1, -0.05) is 6.58 Å². The number of rotatable bonds is 10. The third-order valence-electron chi connectivity index (χ3n) is 6.99. The zero-order valence-electron chi connectivity index (χ0n) is 22.1. The van der Waals surface area contributed by atoms with E-state index in [0.29, 0.717) is 22.3 Å². The number of hydrogen-bond donors (Lipinski definition) is 2. The molecule has 5 rings (SSSR count). The molecule has 0 unspecified atom stereocenters. The van der Waals surface area contributed by atoms with E-state index in [1.807, 2.05) is 13.1 Å². The number of benzene rings is 1. The smallest absolute Gasteiger partial charge is 0.319 e. The summed E-state index contributed by atoms with van der Waals surface area (Å²) in [4.78, 5) is 27.1. The fourth-order valence-electron chi connectivity index (χ4n) is 4.77. The normalized spacial score (nSPS) is 16.0. The van der Waals surface area contributed by atoms with Crippen LogP contribution in [-0.2, 0) is 4.79 Å². The molecule has 0 saturated carbocycles. The average molecular weight is 582 g/mol. The predicted octanol–water partition coefficient (Wildman–Crippen LogP) is 4.95. The van der Waals surface area contributed by atoms with Crippen LogP contribution in [0.5, 0.6) is 6.01 Å². The molecule has 0 spiro atoms. The molecular weight excluding hydrogens is 555 g/mol. The minimum absolute atomic E-state index is 0.00726. The molecule has 0 bridgehead atoms. The molecule has 41 heavy (non-hydrogen) atoms. The van der Waals surface area contributed by atoms with Gasteiger partial charge in [-0.3, -0.25) is 9.78 Å². The van der Waals surface area contributed by atoms with E-state index >= 15 is 4.39 Å². The van der Waals surface area contributed by atoms with Crippen LogP contribution in [-0.4, -0.2) is 64.6 Å². The Balaban J connectivity index is 1.53. The molecule has 0 aliphatic carbocycles. The summed E-state index contributed by atoms with van der Waals surface area (Å²) < 4.78 is 50.2. The molecule has 3 aromatic heterocycles. The predicted molar refractivity (Wildman–Crippen MR) is 150 cm³/mol. The van der Waals surface area contributed by atoms with E-state index in [9.17, 15) is 18.8 Å². The maximum atomic E-state index is 16.1. The molecule has 1 aliphatic rings. The first-order chi connectivity index (χ1) is 19.8. The second kappa shape index (κ2) is 12.1. The van der Waals surface area contributed by atoms with Crippen molar-refractivity contribution in [1.82, 2.24) is 25.2 Å². The molecule has 2 N–H and O–H groups in total. The van der Waals surface area contributed by atoms with Crippen LogP contribution in [0.4, 0.5) is 19.0 Å². The first-order valence-corrected chi connectivity index (χ1v) is 13.8. The molecule has 13 heteroatoms. The lowest BCUT2D eigenvalue weighted by Crippen LogP contribution is -2.39. The van der Waals surface area contributed by atoms with Gasteiger partial charge in [0.25, 0.3) is 5.91 Å². The van der Waals surface area contributed by atoms with Crippen molar-refractivity contribution in [3.8, 4) is 23.3 Å². The quantitative estimate of drug-likeness (QED) is 0.253. The molecule has 1 saturated heterocycles. The van der Waals surface area contributed by atoms with Gasteiger partial charge in [-0.25, -0.2) is 13.2 Å². The largest absolute Gasteiger partial charge is 0.462 e. The lowest BCUT2D eigenvalue weighted by Gasteiger charge is -2.20.